The average molecular weight is 638 g/mol. The van der Waals surface area contributed by atoms with Crippen LogP contribution in [0.1, 0.15) is 20.8 Å². The van der Waals surface area contributed by atoms with Crippen molar-refractivity contribution < 1.29 is 97.5 Å². The van der Waals surface area contributed by atoms with Crippen LogP contribution in [0.5, 0.6) is 0 Å². The Bertz CT molecular complexity index is 867. The van der Waals surface area contributed by atoms with Crippen LogP contribution in [0.15, 0.2) is 0 Å². The molecular weight excluding hydrogens is 623 g/mol. The van der Waals surface area contributed by atoms with E-state index in [0.29, 0.717) is 6.92 Å². The van der Waals surface area contributed by atoms with E-state index in [9.17, 15) is 84.2 Å². The third-order valence-corrected chi connectivity index (χ3v) is 7.25. The van der Waals surface area contributed by atoms with Gasteiger partial charge in [0.2, 0.25) is 6.17 Å². The second-order valence-electron chi connectivity index (χ2n) is 7.31. The minimum Gasteiger partial charge on any atom is -0.463 e. The predicted octanol–water partition coefficient (Wildman–Crippen LogP) is 5.72. The SMILES string of the molecule is CCO[Si](OC(C)=O)(OC(C)=O)C(F)C(F)(F)C(F)(F)C(F)(F)C(F)(F)C(F)(F)C(F)(F)C(F)C(F)C(F)F. The van der Waals surface area contributed by atoms with E-state index in [0.717, 1.165) is 0 Å². The molecule has 0 aromatic heterocycles. The van der Waals surface area contributed by atoms with E-state index in [-0.39, 0.29) is 13.8 Å². The van der Waals surface area contributed by atoms with Crippen LogP contribution in [0.25, 0.3) is 0 Å². The molecule has 0 aromatic carbocycles. The van der Waals surface area contributed by atoms with Gasteiger partial charge < -0.3 is 13.3 Å². The van der Waals surface area contributed by atoms with Gasteiger partial charge in [0.05, 0.1) is 0 Å². The molecule has 232 valence electrons. The van der Waals surface area contributed by atoms with Gasteiger partial charge in [-0.15, -0.1) is 0 Å². The first-order valence-electron chi connectivity index (χ1n) is 9.57. The summed E-state index contributed by atoms with van der Waals surface area (Å²) in [5.74, 6) is -58.5. The van der Waals surface area contributed by atoms with E-state index in [2.05, 4.69) is 13.3 Å². The average Bonchev–Trinajstić information content (AvgIpc) is 2.75. The Morgan fingerprint density at radius 3 is 1.26 bits per heavy atom. The molecule has 0 spiro atoms. The molecule has 0 fully saturated rings. The molecule has 3 atom stereocenters. The lowest BCUT2D eigenvalue weighted by Crippen LogP contribution is -2.75. The zero-order valence-corrected chi connectivity index (χ0v) is 20.0. The molecule has 39 heavy (non-hydrogen) atoms. The maximum absolute atomic E-state index is 14.7. The molecule has 0 radical (unpaired) electrons. The van der Waals surface area contributed by atoms with Crippen LogP contribution in [0.2, 0.25) is 0 Å². The molecule has 0 rings (SSSR count). The minimum atomic E-state index is -8.60. The summed E-state index contributed by atoms with van der Waals surface area (Å²) in [7, 11) is -6.74. The standard InChI is InChI=1S/C16H15F17O5Si/c1-4-36-39(37-5(2)34,38-6(3)35)10(21)12(24,25)14(28,29)16(32,33)15(30,31)13(26,27)11(22,23)8(18)7(17)9(19)20/h7-10H,4H2,1-3H3. The van der Waals surface area contributed by atoms with Crippen molar-refractivity contribution in [2.45, 2.75) is 80.9 Å². The molecule has 0 aliphatic carbocycles. The Morgan fingerprint density at radius 1 is 0.641 bits per heavy atom. The van der Waals surface area contributed by atoms with E-state index in [1.165, 1.54) is 0 Å². The highest BCUT2D eigenvalue weighted by atomic mass is 28.4. The van der Waals surface area contributed by atoms with Gasteiger partial charge in [-0.25, -0.2) is 22.0 Å². The predicted molar refractivity (Wildman–Crippen MR) is 91.3 cm³/mol. The first kappa shape index (κ1) is 36.9. The Labute approximate surface area is 206 Å². The normalized spacial score (nSPS) is 17.1. The number of hydrogen-bond donors (Lipinski definition) is 0. The van der Waals surface area contributed by atoms with Crippen LogP contribution in [0.3, 0.4) is 0 Å². The second kappa shape index (κ2) is 11.4. The van der Waals surface area contributed by atoms with E-state index < -0.39 is 87.4 Å². The van der Waals surface area contributed by atoms with Crippen LogP contribution < -0.4 is 0 Å². The summed E-state index contributed by atoms with van der Waals surface area (Å²) >= 11 is 0. The molecular formula is C16H15F17O5Si. The van der Waals surface area contributed by atoms with Crippen molar-refractivity contribution in [3.63, 3.8) is 0 Å². The third-order valence-electron chi connectivity index (χ3n) is 4.43. The molecule has 0 bridgehead atoms. The number of rotatable bonds is 14. The fourth-order valence-corrected chi connectivity index (χ4v) is 4.90. The Hall–Kier alpha value is -2.07. The van der Waals surface area contributed by atoms with Crippen LogP contribution in [-0.2, 0) is 22.9 Å². The van der Waals surface area contributed by atoms with Gasteiger partial charge >= 0.3 is 44.3 Å². The van der Waals surface area contributed by atoms with Crippen LogP contribution in [0.4, 0.5) is 74.6 Å². The van der Waals surface area contributed by atoms with Crippen molar-refractivity contribution in [1.29, 1.82) is 0 Å². The molecule has 3 unspecified atom stereocenters. The second-order valence-corrected chi connectivity index (χ2v) is 9.72. The molecule has 0 saturated heterocycles. The highest BCUT2D eigenvalue weighted by molar-refractivity contribution is 6.65. The van der Waals surface area contributed by atoms with Crippen LogP contribution in [0, 0.1) is 0 Å². The van der Waals surface area contributed by atoms with Gasteiger partial charge in [0.15, 0.2) is 6.17 Å². The molecule has 0 saturated carbocycles. The zero-order chi connectivity index (χ0) is 31.8. The Kier molecular flexibility index (Phi) is 10.8. The van der Waals surface area contributed by atoms with Gasteiger partial charge in [0, 0.05) is 20.5 Å². The van der Waals surface area contributed by atoms with Crippen molar-refractivity contribution in [1.82, 2.24) is 0 Å². The lowest BCUT2D eigenvalue weighted by molar-refractivity contribution is -0.433. The minimum absolute atomic E-state index is 0.184. The summed E-state index contributed by atoms with van der Waals surface area (Å²) in [6.45, 7) is -0.181. The summed E-state index contributed by atoms with van der Waals surface area (Å²) in [6.07, 6.45) is -15.9. The molecule has 0 amide bonds. The van der Waals surface area contributed by atoms with Gasteiger partial charge in [0.25, 0.3) is 24.2 Å². The van der Waals surface area contributed by atoms with Crippen LogP contribution in [-0.4, -0.2) is 87.4 Å². The summed E-state index contributed by atoms with van der Waals surface area (Å²) in [4.78, 5) is 22.3. The fraction of sp³-hybridized carbons (Fsp3) is 0.875. The maximum Gasteiger partial charge on any atom is 0.679 e. The number of carbonyl (C=O) groups excluding carboxylic acids is 2. The summed E-state index contributed by atoms with van der Waals surface area (Å²) in [6, 6.07) is 0. The van der Waals surface area contributed by atoms with Crippen molar-refractivity contribution in [2.24, 2.45) is 0 Å². The summed E-state index contributed by atoms with van der Waals surface area (Å²) < 4.78 is 244. The molecule has 5 nitrogen and oxygen atoms in total. The van der Waals surface area contributed by atoms with Gasteiger partial charge in [-0.2, -0.15) is 52.7 Å². The monoisotopic (exact) mass is 638 g/mol. The molecule has 0 heterocycles. The van der Waals surface area contributed by atoms with Gasteiger partial charge in [-0.1, -0.05) is 0 Å². The molecule has 0 aliphatic heterocycles. The fourth-order valence-electron chi connectivity index (χ4n) is 2.55. The van der Waals surface area contributed by atoms with Gasteiger partial charge in [-0.05, 0) is 6.92 Å². The topological polar surface area (TPSA) is 61.8 Å². The molecule has 0 N–H and O–H groups in total. The number of alkyl halides is 17. The van der Waals surface area contributed by atoms with Crippen molar-refractivity contribution in [2.75, 3.05) is 6.61 Å². The molecule has 0 aliphatic rings. The van der Waals surface area contributed by atoms with Gasteiger partial charge in [-0.3, -0.25) is 9.59 Å². The first-order chi connectivity index (χ1) is 17.1. The summed E-state index contributed by atoms with van der Waals surface area (Å²) in [5, 5.41) is 0. The van der Waals surface area contributed by atoms with E-state index in [4.69, 9.17) is 0 Å². The maximum atomic E-state index is 14.7. The van der Waals surface area contributed by atoms with Gasteiger partial charge in [0.1, 0.15) is 0 Å². The smallest absolute Gasteiger partial charge is 0.463 e. The van der Waals surface area contributed by atoms with E-state index >= 15 is 0 Å². The quantitative estimate of drug-likeness (QED) is 0.180. The Balaban J connectivity index is 7.05. The van der Waals surface area contributed by atoms with Crippen LogP contribution >= 0.6 is 0 Å². The van der Waals surface area contributed by atoms with Crippen molar-refractivity contribution >= 4 is 20.7 Å². The Morgan fingerprint density at radius 2 is 0.974 bits per heavy atom. The lowest BCUT2D eigenvalue weighted by Gasteiger charge is -2.43. The highest BCUT2D eigenvalue weighted by Gasteiger charge is 2.93. The molecule has 0 aromatic rings. The summed E-state index contributed by atoms with van der Waals surface area (Å²) in [5.41, 5.74) is 0. The van der Waals surface area contributed by atoms with Crippen molar-refractivity contribution in [3.8, 4) is 0 Å². The van der Waals surface area contributed by atoms with Crippen molar-refractivity contribution in [3.05, 3.63) is 0 Å². The number of carbonyl (C=O) groups is 2. The first-order valence-corrected chi connectivity index (χ1v) is 11.4. The van der Waals surface area contributed by atoms with E-state index in [1.807, 2.05) is 0 Å². The molecule has 23 heteroatoms. The largest absolute Gasteiger partial charge is 0.679 e. The lowest BCUT2D eigenvalue weighted by atomic mass is 9.89. The highest BCUT2D eigenvalue weighted by Crippen LogP contribution is 2.62. The number of hydrogen-bond acceptors (Lipinski definition) is 5. The van der Waals surface area contributed by atoms with E-state index in [1.54, 1.807) is 0 Å². The zero-order valence-electron chi connectivity index (χ0n) is 19.0. The third kappa shape index (κ3) is 6.01. The number of halogens is 17.